The largest absolute Gasteiger partial charge is 0.309 e. The van der Waals surface area contributed by atoms with Crippen LogP contribution in [0.25, 0.3) is 0 Å². The summed E-state index contributed by atoms with van der Waals surface area (Å²) in [5, 5.41) is 3.48. The fourth-order valence-corrected chi connectivity index (χ4v) is 1.73. The van der Waals surface area contributed by atoms with Gasteiger partial charge in [0.2, 0.25) is 0 Å². The van der Waals surface area contributed by atoms with Crippen LogP contribution in [0.15, 0.2) is 12.4 Å². The van der Waals surface area contributed by atoms with E-state index in [4.69, 9.17) is 0 Å². The van der Waals surface area contributed by atoms with E-state index in [1.165, 1.54) is 12.8 Å². The Kier molecular flexibility index (Phi) is 2.77. The van der Waals surface area contributed by atoms with Gasteiger partial charge < -0.3 is 5.32 Å². The zero-order chi connectivity index (χ0) is 9.97. The lowest BCUT2D eigenvalue weighted by Crippen LogP contribution is -2.23. The van der Waals surface area contributed by atoms with Gasteiger partial charge in [0.25, 0.3) is 0 Å². The van der Waals surface area contributed by atoms with Crippen molar-refractivity contribution in [2.75, 3.05) is 6.54 Å². The highest BCUT2D eigenvalue weighted by Crippen LogP contribution is 2.40. The summed E-state index contributed by atoms with van der Waals surface area (Å²) >= 11 is 0. The van der Waals surface area contributed by atoms with Gasteiger partial charge in [0.05, 0.1) is 23.6 Å². The molecule has 1 saturated carbocycles. The molecule has 1 aliphatic rings. The number of nitrogens with one attached hydrogen (secondary N) is 1. The molecular formula is C11H17N3. The summed E-state index contributed by atoms with van der Waals surface area (Å²) < 4.78 is 0. The smallest absolute Gasteiger partial charge is 0.0759 e. The Bertz CT molecular complexity index is 290. The van der Waals surface area contributed by atoms with Gasteiger partial charge in [0, 0.05) is 6.20 Å². The van der Waals surface area contributed by atoms with E-state index in [2.05, 4.69) is 22.2 Å². The van der Waals surface area contributed by atoms with E-state index in [0.29, 0.717) is 6.04 Å². The molecule has 1 aliphatic carbocycles. The zero-order valence-corrected chi connectivity index (χ0v) is 8.83. The van der Waals surface area contributed by atoms with Crippen LogP contribution in [0.3, 0.4) is 0 Å². The minimum absolute atomic E-state index is 0.424. The molecule has 1 aromatic heterocycles. The molecule has 76 valence electrons. The molecule has 0 amide bonds. The van der Waals surface area contributed by atoms with Crippen LogP contribution in [0.2, 0.25) is 0 Å². The van der Waals surface area contributed by atoms with E-state index < -0.39 is 0 Å². The SMILES string of the molecule is CCNC(c1cnc(C)cn1)C1CC1. The van der Waals surface area contributed by atoms with Crippen LogP contribution in [0.1, 0.15) is 37.2 Å². The molecule has 1 heterocycles. The second-order valence-corrected chi connectivity index (χ2v) is 3.96. The summed E-state index contributed by atoms with van der Waals surface area (Å²) in [7, 11) is 0. The lowest BCUT2D eigenvalue weighted by Gasteiger charge is -2.15. The Balaban J connectivity index is 2.13. The van der Waals surface area contributed by atoms with Gasteiger partial charge >= 0.3 is 0 Å². The molecule has 3 nitrogen and oxygen atoms in total. The Morgan fingerprint density at radius 2 is 2.21 bits per heavy atom. The highest BCUT2D eigenvalue weighted by atomic mass is 15.0. The summed E-state index contributed by atoms with van der Waals surface area (Å²) in [4.78, 5) is 8.72. The molecule has 1 unspecified atom stereocenters. The van der Waals surface area contributed by atoms with Crippen molar-refractivity contribution < 1.29 is 0 Å². The van der Waals surface area contributed by atoms with Crippen molar-refractivity contribution in [3.63, 3.8) is 0 Å². The normalized spacial score (nSPS) is 18.1. The van der Waals surface area contributed by atoms with E-state index in [0.717, 1.165) is 23.9 Å². The number of hydrogen-bond donors (Lipinski definition) is 1. The summed E-state index contributed by atoms with van der Waals surface area (Å²) in [5.41, 5.74) is 2.08. The topological polar surface area (TPSA) is 37.8 Å². The Labute approximate surface area is 85.0 Å². The van der Waals surface area contributed by atoms with Gasteiger partial charge in [-0.15, -0.1) is 0 Å². The summed E-state index contributed by atoms with van der Waals surface area (Å²) in [6, 6.07) is 0.424. The fourth-order valence-electron chi connectivity index (χ4n) is 1.73. The molecule has 1 atom stereocenters. The minimum Gasteiger partial charge on any atom is -0.309 e. The molecule has 1 N–H and O–H groups in total. The standard InChI is InChI=1S/C11H17N3/c1-3-12-11(9-4-5-9)10-7-13-8(2)6-14-10/h6-7,9,11-12H,3-5H2,1-2H3. The third kappa shape index (κ3) is 2.10. The molecule has 3 heteroatoms. The van der Waals surface area contributed by atoms with Crippen LogP contribution in [-0.2, 0) is 0 Å². The van der Waals surface area contributed by atoms with Crippen molar-refractivity contribution in [1.29, 1.82) is 0 Å². The highest BCUT2D eigenvalue weighted by Gasteiger charge is 2.32. The molecule has 0 spiro atoms. The number of hydrogen-bond acceptors (Lipinski definition) is 3. The molecule has 0 saturated heterocycles. The average molecular weight is 191 g/mol. The van der Waals surface area contributed by atoms with Gasteiger partial charge in [-0.1, -0.05) is 6.92 Å². The molecule has 0 aromatic carbocycles. The second-order valence-electron chi connectivity index (χ2n) is 3.96. The second kappa shape index (κ2) is 4.05. The van der Waals surface area contributed by atoms with E-state index >= 15 is 0 Å². The minimum atomic E-state index is 0.424. The van der Waals surface area contributed by atoms with Gasteiger partial charge in [-0.05, 0) is 32.2 Å². The first-order chi connectivity index (χ1) is 6.81. The lowest BCUT2D eigenvalue weighted by molar-refractivity contribution is 0.482. The molecule has 2 rings (SSSR count). The van der Waals surface area contributed by atoms with Gasteiger partial charge in [-0.2, -0.15) is 0 Å². The van der Waals surface area contributed by atoms with Crippen LogP contribution in [0, 0.1) is 12.8 Å². The van der Waals surface area contributed by atoms with E-state index in [-0.39, 0.29) is 0 Å². The van der Waals surface area contributed by atoms with Crippen LogP contribution in [0.4, 0.5) is 0 Å². The van der Waals surface area contributed by atoms with Crippen molar-refractivity contribution >= 4 is 0 Å². The third-order valence-electron chi connectivity index (χ3n) is 2.64. The Morgan fingerprint density at radius 3 is 2.71 bits per heavy atom. The molecule has 0 bridgehead atoms. The van der Waals surface area contributed by atoms with Gasteiger partial charge in [-0.25, -0.2) is 0 Å². The lowest BCUT2D eigenvalue weighted by atomic mass is 10.1. The molecule has 0 radical (unpaired) electrons. The molecule has 14 heavy (non-hydrogen) atoms. The van der Waals surface area contributed by atoms with Crippen LogP contribution in [0.5, 0.6) is 0 Å². The number of rotatable bonds is 4. The first-order valence-electron chi connectivity index (χ1n) is 5.33. The van der Waals surface area contributed by atoms with Crippen molar-refractivity contribution in [2.45, 2.75) is 32.7 Å². The molecule has 1 fully saturated rings. The van der Waals surface area contributed by atoms with E-state index in [9.17, 15) is 0 Å². The number of aromatic nitrogens is 2. The number of aryl methyl sites for hydroxylation is 1. The fraction of sp³-hybridized carbons (Fsp3) is 0.636. The van der Waals surface area contributed by atoms with Crippen molar-refractivity contribution in [3.8, 4) is 0 Å². The third-order valence-corrected chi connectivity index (χ3v) is 2.64. The Hall–Kier alpha value is -0.960. The van der Waals surface area contributed by atoms with Gasteiger partial charge in [0.1, 0.15) is 0 Å². The Morgan fingerprint density at radius 1 is 1.43 bits per heavy atom. The first kappa shape index (κ1) is 9.59. The van der Waals surface area contributed by atoms with E-state index in [1.807, 2.05) is 19.3 Å². The monoisotopic (exact) mass is 191 g/mol. The van der Waals surface area contributed by atoms with E-state index in [1.54, 1.807) is 0 Å². The quantitative estimate of drug-likeness (QED) is 0.789. The summed E-state index contributed by atoms with van der Waals surface area (Å²) in [6.07, 6.45) is 6.41. The average Bonchev–Trinajstić information content (AvgIpc) is 2.99. The van der Waals surface area contributed by atoms with Crippen LogP contribution >= 0.6 is 0 Å². The highest BCUT2D eigenvalue weighted by molar-refractivity contribution is 5.09. The van der Waals surface area contributed by atoms with Crippen molar-refractivity contribution in [1.82, 2.24) is 15.3 Å². The maximum atomic E-state index is 4.43. The van der Waals surface area contributed by atoms with Crippen LogP contribution in [-0.4, -0.2) is 16.5 Å². The maximum absolute atomic E-state index is 4.43. The number of nitrogens with zero attached hydrogens (tertiary/aromatic N) is 2. The summed E-state index contributed by atoms with van der Waals surface area (Å²) in [6.45, 7) is 5.10. The predicted molar refractivity (Wildman–Crippen MR) is 55.9 cm³/mol. The predicted octanol–water partition coefficient (Wildman–Crippen LogP) is 1.85. The van der Waals surface area contributed by atoms with Gasteiger partial charge in [0.15, 0.2) is 0 Å². The molecular weight excluding hydrogens is 174 g/mol. The summed E-state index contributed by atoms with van der Waals surface area (Å²) in [5.74, 6) is 0.784. The van der Waals surface area contributed by atoms with Crippen LogP contribution < -0.4 is 5.32 Å². The molecule has 1 aromatic rings. The van der Waals surface area contributed by atoms with Crippen molar-refractivity contribution in [2.24, 2.45) is 5.92 Å². The molecule has 0 aliphatic heterocycles. The van der Waals surface area contributed by atoms with Gasteiger partial charge in [-0.3, -0.25) is 9.97 Å². The zero-order valence-electron chi connectivity index (χ0n) is 8.83. The maximum Gasteiger partial charge on any atom is 0.0759 e. The first-order valence-corrected chi connectivity index (χ1v) is 5.33. The van der Waals surface area contributed by atoms with Crippen molar-refractivity contribution in [3.05, 3.63) is 23.8 Å².